The van der Waals surface area contributed by atoms with Crippen molar-refractivity contribution in [2.24, 2.45) is 0 Å². The molecular weight excluding hydrogens is 298 g/mol. The Kier molecular flexibility index (Phi) is 2.91. The van der Waals surface area contributed by atoms with Gasteiger partial charge in [-0.3, -0.25) is 10.1 Å². The fourth-order valence-electron chi connectivity index (χ4n) is 1.92. The largest absolute Gasteiger partial charge is 0.300 e. The minimum Gasteiger partial charge on any atom is -0.258 e. The van der Waals surface area contributed by atoms with Gasteiger partial charge >= 0.3 is 5.69 Å². The van der Waals surface area contributed by atoms with E-state index in [1.54, 1.807) is 18.2 Å². The standard InChI is InChI=1S/C12H7N3O5S/c16-15(17)9-6-7-10(12-11(9)13-20-14-12)21(18,19)8-4-2-1-3-5-8/h1-7H. The predicted octanol–water partition coefficient (Wildman–Crippen LogP) is 1.96. The highest BCUT2D eigenvalue weighted by Gasteiger charge is 2.27. The number of hydrogen-bond acceptors (Lipinski definition) is 7. The van der Waals surface area contributed by atoms with Gasteiger partial charge in [0.2, 0.25) is 15.4 Å². The first-order valence-corrected chi connectivity index (χ1v) is 7.20. The Morgan fingerprint density at radius 1 is 1.00 bits per heavy atom. The summed E-state index contributed by atoms with van der Waals surface area (Å²) in [6.07, 6.45) is 0. The van der Waals surface area contributed by atoms with Crippen LogP contribution < -0.4 is 0 Å². The van der Waals surface area contributed by atoms with E-state index in [9.17, 15) is 18.5 Å². The second-order valence-corrected chi connectivity index (χ2v) is 6.04. The molecule has 0 fully saturated rings. The third kappa shape index (κ3) is 2.03. The number of benzene rings is 2. The van der Waals surface area contributed by atoms with Crippen LogP contribution in [-0.4, -0.2) is 23.7 Å². The van der Waals surface area contributed by atoms with Crippen LogP contribution in [-0.2, 0) is 9.84 Å². The minimum absolute atomic E-state index is 0.0585. The summed E-state index contributed by atoms with van der Waals surface area (Å²) in [6.45, 7) is 0. The number of hydrogen-bond donors (Lipinski definition) is 0. The summed E-state index contributed by atoms with van der Waals surface area (Å²) >= 11 is 0. The molecule has 0 radical (unpaired) electrons. The van der Waals surface area contributed by atoms with Gasteiger partial charge in [0.1, 0.15) is 4.90 Å². The van der Waals surface area contributed by atoms with Gasteiger partial charge in [-0.15, -0.1) is 0 Å². The van der Waals surface area contributed by atoms with Crippen LogP contribution in [0.4, 0.5) is 5.69 Å². The summed E-state index contributed by atoms with van der Waals surface area (Å²) in [5.41, 5.74) is -0.719. The molecule has 0 aliphatic heterocycles. The van der Waals surface area contributed by atoms with E-state index in [1.807, 2.05) is 0 Å². The van der Waals surface area contributed by atoms with Gasteiger partial charge in [-0.05, 0) is 28.5 Å². The van der Waals surface area contributed by atoms with Gasteiger partial charge in [-0.2, -0.15) is 0 Å². The molecule has 3 rings (SSSR count). The number of aromatic nitrogens is 2. The Morgan fingerprint density at radius 3 is 2.33 bits per heavy atom. The van der Waals surface area contributed by atoms with Crippen LogP contribution in [0.5, 0.6) is 0 Å². The van der Waals surface area contributed by atoms with Crippen molar-refractivity contribution in [3.8, 4) is 0 Å². The number of fused-ring (bicyclic) bond motifs is 1. The maximum absolute atomic E-state index is 12.5. The van der Waals surface area contributed by atoms with E-state index in [1.165, 1.54) is 12.1 Å². The third-order valence-corrected chi connectivity index (χ3v) is 4.70. The molecule has 0 N–H and O–H groups in total. The highest BCUT2D eigenvalue weighted by atomic mass is 32.2. The Bertz CT molecular complexity index is 934. The quantitative estimate of drug-likeness (QED) is 0.536. The van der Waals surface area contributed by atoms with Crippen molar-refractivity contribution in [3.05, 3.63) is 52.6 Å². The summed E-state index contributed by atoms with van der Waals surface area (Å²) in [5.74, 6) is 0. The zero-order chi connectivity index (χ0) is 15.0. The van der Waals surface area contributed by atoms with Gasteiger partial charge in [0.05, 0.1) is 9.82 Å². The second kappa shape index (κ2) is 4.63. The molecule has 8 nitrogen and oxygen atoms in total. The zero-order valence-electron chi connectivity index (χ0n) is 10.3. The van der Waals surface area contributed by atoms with Crippen molar-refractivity contribution in [3.63, 3.8) is 0 Å². The molecule has 106 valence electrons. The predicted molar refractivity (Wildman–Crippen MR) is 70.4 cm³/mol. The molecule has 0 saturated carbocycles. The van der Waals surface area contributed by atoms with Gasteiger partial charge in [0.15, 0.2) is 5.52 Å². The van der Waals surface area contributed by atoms with Gasteiger partial charge in [-0.1, -0.05) is 18.2 Å². The summed E-state index contributed by atoms with van der Waals surface area (Å²) in [4.78, 5) is 10.1. The smallest absolute Gasteiger partial charge is 0.258 e. The van der Waals surface area contributed by atoms with E-state index in [4.69, 9.17) is 0 Å². The number of sulfone groups is 1. The van der Waals surface area contributed by atoms with Gasteiger partial charge in [0.25, 0.3) is 0 Å². The fourth-order valence-corrected chi connectivity index (χ4v) is 3.33. The van der Waals surface area contributed by atoms with E-state index in [0.717, 1.165) is 12.1 Å². The SMILES string of the molecule is O=[N+]([O-])c1ccc(S(=O)(=O)c2ccccc2)c2nonc12. The number of nitro groups is 1. The van der Waals surface area contributed by atoms with Crippen LogP contribution in [0.3, 0.4) is 0 Å². The molecule has 3 aromatic rings. The summed E-state index contributed by atoms with van der Waals surface area (Å²) < 4.78 is 29.6. The number of nitrogens with zero attached hydrogens (tertiary/aromatic N) is 3. The van der Waals surface area contributed by atoms with Crippen molar-refractivity contribution in [1.29, 1.82) is 0 Å². The van der Waals surface area contributed by atoms with E-state index in [2.05, 4.69) is 14.9 Å². The lowest BCUT2D eigenvalue weighted by molar-refractivity contribution is -0.383. The van der Waals surface area contributed by atoms with Crippen LogP contribution in [0.25, 0.3) is 11.0 Å². The lowest BCUT2D eigenvalue weighted by Gasteiger charge is -2.04. The highest BCUT2D eigenvalue weighted by Crippen LogP contribution is 2.31. The summed E-state index contributed by atoms with van der Waals surface area (Å²) in [5, 5.41) is 17.8. The van der Waals surface area contributed by atoms with Gasteiger partial charge in [0, 0.05) is 6.07 Å². The van der Waals surface area contributed by atoms with E-state index in [-0.39, 0.29) is 26.5 Å². The van der Waals surface area contributed by atoms with Crippen LogP contribution in [0, 0.1) is 10.1 Å². The van der Waals surface area contributed by atoms with Gasteiger partial charge in [-0.25, -0.2) is 13.0 Å². The normalized spacial score (nSPS) is 11.6. The lowest BCUT2D eigenvalue weighted by atomic mass is 10.3. The minimum atomic E-state index is -3.86. The van der Waals surface area contributed by atoms with Crippen LogP contribution in [0.1, 0.15) is 0 Å². The maximum Gasteiger partial charge on any atom is 0.300 e. The van der Waals surface area contributed by atoms with E-state index >= 15 is 0 Å². The zero-order valence-corrected chi connectivity index (χ0v) is 11.1. The number of non-ortho nitro benzene ring substituents is 1. The van der Waals surface area contributed by atoms with E-state index < -0.39 is 14.8 Å². The molecule has 0 atom stereocenters. The molecule has 2 aromatic carbocycles. The lowest BCUT2D eigenvalue weighted by Crippen LogP contribution is -2.03. The Labute approximate surface area is 118 Å². The molecule has 0 amide bonds. The van der Waals surface area contributed by atoms with Crippen LogP contribution >= 0.6 is 0 Å². The first-order chi connectivity index (χ1) is 10.0. The molecule has 0 spiro atoms. The Hall–Kier alpha value is -2.81. The first kappa shape index (κ1) is 13.2. The average Bonchev–Trinajstić information content (AvgIpc) is 2.96. The molecule has 0 aliphatic carbocycles. The summed E-state index contributed by atoms with van der Waals surface area (Å²) in [7, 11) is -3.86. The second-order valence-electron chi connectivity index (χ2n) is 4.12. The molecule has 0 saturated heterocycles. The topological polar surface area (TPSA) is 116 Å². The average molecular weight is 305 g/mol. The van der Waals surface area contributed by atoms with Gasteiger partial charge < -0.3 is 0 Å². The molecule has 0 bridgehead atoms. The molecule has 0 aliphatic rings. The van der Waals surface area contributed by atoms with E-state index in [0.29, 0.717) is 0 Å². The molecule has 1 heterocycles. The number of nitro benzene ring substituents is 1. The molecule has 21 heavy (non-hydrogen) atoms. The van der Waals surface area contributed by atoms with Crippen molar-refractivity contribution < 1.29 is 18.0 Å². The van der Waals surface area contributed by atoms with Crippen molar-refractivity contribution in [2.75, 3.05) is 0 Å². The molecule has 1 aromatic heterocycles. The molecule has 0 unspecified atom stereocenters. The van der Waals surface area contributed by atoms with Crippen LogP contribution in [0.2, 0.25) is 0 Å². The maximum atomic E-state index is 12.5. The monoisotopic (exact) mass is 305 g/mol. The third-order valence-electron chi connectivity index (χ3n) is 2.90. The first-order valence-electron chi connectivity index (χ1n) is 5.71. The number of rotatable bonds is 3. The van der Waals surface area contributed by atoms with Crippen molar-refractivity contribution in [2.45, 2.75) is 9.79 Å². The Balaban J connectivity index is 2.30. The highest BCUT2D eigenvalue weighted by molar-refractivity contribution is 7.91. The molecular formula is C12H7N3O5S. The van der Waals surface area contributed by atoms with Crippen molar-refractivity contribution >= 4 is 26.6 Å². The van der Waals surface area contributed by atoms with Crippen LogP contribution in [0.15, 0.2) is 56.9 Å². The van der Waals surface area contributed by atoms with Crippen molar-refractivity contribution in [1.82, 2.24) is 10.3 Å². The summed E-state index contributed by atoms with van der Waals surface area (Å²) in [6, 6.07) is 9.90. The Morgan fingerprint density at radius 2 is 1.67 bits per heavy atom. The molecule has 9 heteroatoms. The fraction of sp³-hybridized carbons (Fsp3) is 0.